The average Bonchev–Trinajstić information content (AvgIpc) is 3.32. The van der Waals surface area contributed by atoms with Crippen LogP contribution < -0.4 is 0 Å². The van der Waals surface area contributed by atoms with Crippen LogP contribution in [0.1, 0.15) is 19.3 Å². The highest BCUT2D eigenvalue weighted by atomic mass is 32.2. The average molecular weight is 459 g/mol. The van der Waals surface area contributed by atoms with E-state index in [9.17, 15) is 21.6 Å². The van der Waals surface area contributed by atoms with Crippen LogP contribution in [0.5, 0.6) is 0 Å². The summed E-state index contributed by atoms with van der Waals surface area (Å²) in [7, 11) is -5.15. The van der Waals surface area contributed by atoms with Crippen molar-refractivity contribution in [3.8, 4) is 0 Å². The predicted octanol–water partition coefficient (Wildman–Crippen LogP) is 0.738. The molecule has 1 amide bonds. The fourth-order valence-electron chi connectivity index (χ4n) is 4.02. The van der Waals surface area contributed by atoms with Gasteiger partial charge in [-0.05, 0) is 31.4 Å². The van der Waals surface area contributed by atoms with Gasteiger partial charge in [-0.25, -0.2) is 16.8 Å². The first-order chi connectivity index (χ1) is 13.7. The van der Waals surface area contributed by atoms with Crippen molar-refractivity contribution < 1.29 is 21.6 Å². The van der Waals surface area contributed by atoms with Crippen LogP contribution >= 0.6 is 11.7 Å². The molecule has 4 rings (SSSR count). The molecule has 0 bridgehead atoms. The van der Waals surface area contributed by atoms with Gasteiger partial charge in [-0.2, -0.15) is 13.1 Å². The molecule has 0 N–H and O–H groups in total. The summed E-state index contributed by atoms with van der Waals surface area (Å²) in [5, 5.41) is 0. The largest absolute Gasteiger partial charge is 0.341 e. The van der Waals surface area contributed by atoms with Crippen LogP contribution in [0.25, 0.3) is 11.0 Å². The van der Waals surface area contributed by atoms with E-state index in [1.54, 1.807) is 24.1 Å². The Kier molecular flexibility index (Phi) is 5.38. The van der Waals surface area contributed by atoms with E-state index in [-0.39, 0.29) is 47.4 Å². The summed E-state index contributed by atoms with van der Waals surface area (Å²) in [6.07, 6.45) is 1.28. The summed E-state index contributed by atoms with van der Waals surface area (Å²) >= 11 is 0.973. The van der Waals surface area contributed by atoms with E-state index >= 15 is 0 Å². The minimum absolute atomic E-state index is 0.00808. The lowest BCUT2D eigenvalue weighted by Gasteiger charge is -2.34. The van der Waals surface area contributed by atoms with Crippen molar-refractivity contribution in [2.24, 2.45) is 5.92 Å². The Balaban J connectivity index is 1.44. The highest BCUT2D eigenvalue weighted by molar-refractivity contribution is 7.91. The molecule has 0 saturated carbocycles. The SMILES string of the molecule is CN(C(=O)C1CCN(S(=O)(=O)c2cccc3nsnc23)CC1)[C@@H]1CCS(=O)(=O)C1. The second kappa shape index (κ2) is 7.56. The van der Waals surface area contributed by atoms with Crippen molar-refractivity contribution in [1.29, 1.82) is 0 Å². The maximum atomic E-state index is 13.1. The predicted molar refractivity (Wildman–Crippen MR) is 109 cm³/mol. The highest BCUT2D eigenvalue weighted by Crippen LogP contribution is 2.29. The van der Waals surface area contributed by atoms with Gasteiger partial charge >= 0.3 is 0 Å². The summed E-state index contributed by atoms with van der Waals surface area (Å²) in [6, 6.07) is 4.62. The van der Waals surface area contributed by atoms with Gasteiger partial charge < -0.3 is 4.90 Å². The van der Waals surface area contributed by atoms with Gasteiger partial charge in [-0.3, -0.25) is 4.79 Å². The molecule has 3 heterocycles. The van der Waals surface area contributed by atoms with Crippen molar-refractivity contribution in [3.05, 3.63) is 18.2 Å². The zero-order valence-electron chi connectivity index (χ0n) is 15.9. The van der Waals surface area contributed by atoms with Crippen LogP contribution in [0.4, 0.5) is 0 Å². The molecule has 2 fully saturated rings. The number of sulfonamides is 1. The fraction of sp³-hybridized carbons (Fsp3) is 0.588. The zero-order valence-corrected chi connectivity index (χ0v) is 18.3. The molecule has 12 heteroatoms. The molecular formula is C17H22N4O5S3. The van der Waals surface area contributed by atoms with Crippen LogP contribution in [-0.2, 0) is 24.7 Å². The number of sulfone groups is 1. The van der Waals surface area contributed by atoms with Crippen LogP contribution in [0.15, 0.2) is 23.1 Å². The fourth-order valence-corrected chi connectivity index (χ4v) is 8.02. The molecule has 1 aromatic carbocycles. The molecule has 1 atom stereocenters. The van der Waals surface area contributed by atoms with Crippen molar-refractivity contribution in [2.45, 2.75) is 30.2 Å². The standard InChI is InChI=1S/C17H22N4O5S3/c1-20(13-7-10-28(23,24)11-13)17(22)12-5-8-21(9-6-12)29(25,26)15-4-2-3-14-16(15)19-27-18-14/h2-4,12-13H,5-11H2,1H3/t13-/m1/s1. The third kappa shape index (κ3) is 3.90. The maximum absolute atomic E-state index is 13.1. The summed E-state index contributed by atoms with van der Waals surface area (Å²) in [6.45, 7) is 0.479. The summed E-state index contributed by atoms with van der Waals surface area (Å²) in [4.78, 5) is 14.5. The minimum Gasteiger partial charge on any atom is -0.341 e. The van der Waals surface area contributed by atoms with E-state index in [1.165, 1.54) is 10.4 Å². The molecular weight excluding hydrogens is 436 g/mol. The highest BCUT2D eigenvalue weighted by Gasteiger charge is 2.38. The Hall–Kier alpha value is -1.63. The van der Waals surface area contributed by atoms with E-state index < -0.39 is 19.9 Å². The first kappa shape index (κ1) is 20.6. The number of fused-ring (bicyclic) bond motifs is 1. The quantitative estimate of drug-likeness (QED) is 0.663. The zero-order chi connectivity index (χ0) is 20.8. The molecule has 29 heavy (non-hydrogen) atoms. The van der Waals surface area contributed by atoms with Gasteiger partial charge in [0.1, 0.15) is 15.9 Å². The number of hydrogen-bond acceptors (Lipinski definition) is 8. The monoisotopic (exact) mass is 458 g/mol. The Bertz CT molecular complexity index is 1140. The van der Waals surface area contributed by atoms with Gasteiger partial charge in [0.25, 0.3) is 0 Å². The van der Waals surface area contributed by atoms with Crippen molar-refractivity contribution in [1.82, 2.24) is 18.0 Å². The lowest BCUT2D eigenvalue weighted by atomic mass is 9.96. The third-order valence-electron chi connectivity index (χ3n) is 5.77. The summed E-state index contributed by atoms with van der Waals surface area (Å²) in [5.41, 5.74) is 0.923. The number of carbonyl (C=O) groups excluding carboxylic acids is 1. The number of rotatable bonds is 4. The van der Waals surface area contributed by atoms with E-state index in [2.05, 4.69) is 8.75 Å². The van der Waals surface area contributed by atoms with Gasteiger partial charge in [0, 0.05) is 32.1 Å². The normalized spacial score (nSPS) is 23.4. The molecule has 2 aliphatic rings. The van der Waals surface area contributed by atoms with E-state index in [0.29, 0.717) is 30.3 Å². The molecule has 1 aromatic heterocycles. The van der Waals surface area contributed by atoms with Crippen molar-refractivity contribution in [3.63, 3.8) is 0 Å². The first-order valence-electron chi connectivity index (χ1n) is 9.37. The summed E-state index contributed by atoms with van der Waals surface area (Å²) in [5.74, 6) is -0.279. The molecule has 0 unspecified atom stereocenters. The van der Waals surface area contributed by atoms with E-state index in [4.69, 9.17) is 0 Å². The van der Waals surface area contributed by atoms with Gasteiger partial charge in [0.15, 0.2) is 9.84 Å². The molecule has 9 nitrogen and oxygen atoms in total. The van der Waals surface area contributed by atoms with Crippen LogP contribution in [0.3, 0.4) is 0 Å². The second-order valence-electron chi connectivity index (χ2n) is 7.57. The van der Waals surface area contributed by atoms with Crippen molar-refractivity contribution >= 4 is 48.5 Å². The Morgan fingerprint density at radius 3 is 2.59 bits per heavy atom. The Morgan fingerprint density at radius 2 is 1.93 bits per heavy atom. The lowest BCUT2D eigenvalue weighted by Crippen LogP contribution is -2.46. The Labute approximate surface area is 174 Å². The molecule has 2 aliphatic heterocycles. The molecule has 158 valence electrons. The van der Waals surface area contributed by atoms with Gasteiger partial charge in [-0.15, -0.1) is 0 Å². The molecule has 2 saturated heterocycles. The molecule has 2 aromatic rings. The number of hydrogen-bond donors (Lipinski definition) is 0. The molecule has 0 spiro atoms. The maximum Gasteiger partial charge on any atom is 0.245 e. The molecule has 0 radical (unpaired) electrons. The Morgan fingerprint density at radius 1 is 1.21 bits per heavy atom. The number of aromatic nitrogens is 2. The first-order valence-corrected chi connectivity index (χ1v) is 13.4. The minimum atomic E-state index is -3.73. The van der Waals surface area contributed by atoms with Crippen LogP contribution in [0.2, 0.25) is 0 Å². The topological polar surface area (TPSA) is 118 Å². The second-order valence-corrected chi connectivity index (χ2v) is 12.2. The summed E-state index contributed by atoms with van der Waals surface area (Å²) < 4.78 is 59.2. The molecule has 0 aliphatic carbocycles. The van der Waals surface area contributed by atoms with Crippen LogP contribution in [-0.4, -0.2) is 78.4 Å². The number of benzene rings is 1. The number of nitrogens with zero attached hydrogens (tertiary/aromatic N) is 4. The van der Waals surface area contributed by atoms with Gasteiger partial charge in [0.05, 0.1) is 23.2 Å². The smallest absolute Gasteiger partial charge is 0.245 e. The van der Waals surface area contributed by atoms with E-state index in [0.717, 1.165) is 11.7 Å². The number of piperidine rings is 1. The lowest BCUT2D eigenvalue weighted by molar-refractivity contribution is -0.137. The number of amides is 1. The van der Waals surface area contributed by atoms with Gasteiger partial charge in [0.2, 0.25) is 15.9 Å². The van der Waals surface area contributed by atoms with Crippen molar-refractivity contribution in [2.75, 3.05) is 31.6 Å². The van der Waals surface area contributed by atoms with Gasteiger partial charge in [-0.1, -0.05) is 6.07 Å². The number of carbonyl (C=O) groups is 1. The van der Waals surface area contributed by atoms with E-state index in [1.807, 2.05) is 0 Å². The van der Waals surface area contributed by atoms with Crippen LogP contribution in [0, 0.1) is 5.92 Å². The third-order valence-corrected chi connectivity index (χ3v) is 10.00.